The van der Waals surface area contributed by atoms with E-state index >= 15 is 0 Å². The molecule has 0 spiro atoms. The minimum absolute atomic E-state index is 0.0543. The summed E-state index contributed by atoms with van der Waals surface area (Å²) in [6.07, 6.45) is 8.39. The van der Waals surface area contributed by atoms with Gasteiger partial charge in [-0.3, -0.25) is 0 Å². The number of nitrogens with one attached hydrogen (secondary N) is 1. The van der Waals surface area contributed by atoms with Crippen molar-refractivity contribution in [2.75, 3.05) is 18.4 Å². The van der Waals surface area contributed by atoms with Crippen LogP contribution in [0, 0.1) is 17.7 Å². The summed E-state index contributed by atoms with van der Waals surface area (Å²) in [7, 11) is 0. The van der Waals surface area contributed by atoms with Gasteiger partial charge in [-0.2, -0.15) is 0 Å². The van der Waals surface area contributed by atoms with Gasteiger partial charge in [-0.15, -0.1) is 0 Å². The largest absolute Gasteiger partial charge is 0.506 e. The number of phenolic OH excluding ortho intramolecular Hbond substituents is 1. The fraction of sp³-hybridized carbons (Fsp3) is 0.667. The van der Waals surface area contributed by atoms with Crippen LogP contribution in [-0.4, -0.2) is 35.1 Å². The highest BCUT2D eigenvalue weighted by atomic mass is 19.1. The maximum absolute atomic E-state index is 13.7. The molecule has 1 aromatic rings. The number of rotatable bonds is 6. The van der Waals surface area contributed by atoms with Gasteiger partial charge in [0.25, 0.3) is 0 Å². The number of halogens is 1. The zero-order valence-corrected chi connectivity index (χ0v) is 16.0. The second-order valence-electron chi connectivity index (χ2n) is 7.96. The van der Waals surface area contributed by atoms with Gasteiger partial charge >= 0.3 is 0 Å². The van der Waals surface area contributed by atoms with Gasteiger partial charge in [-0.25, -0.2) is 9.38 Å². The van der Waals surface area contributed by atoms with E-state index in [0.29, 0.717) is 17.6 Å². The van der Waals surface area contributed by atoms with E-state index in [9.17, 15) is 9.50 Å². The molecule has 0 aliphatic heterocycles. The molecule has 4 nitrogen and oxygen atoms in total. The number of phenols is 1. The number of hydrogen-bond donors (Lipinski definition) is 2. The van der Waals surface area contributed by atoms with Crippen molar-refractivity contribution in [1.29, 1.82) is 0 Å². The van der Waals surface area contributed by atoms with E-state index in [2.05, 4.69) is 24.1 Å². The maximum Gasteiger partial charge on any atom is 0.198 e. The summed E-state index contributed by atoms with van der Waals surface area (Å²) in [6, 6.07) is 4.30. The van der Waals surface area contributed by atoms with Crippen molar-refractivity contribution in [3.63, 3.8) is 0 Å². The maximum atomic E-state index is 13.7. The molecule has 3 rings (SSSR count). The first kappa shape index (κ1) is 19.0. The summed E-state index contributed by atoms with van der Waals surface area (Å²) >= 11 is 0. The number of guanidine groups is 1. The highest BCUT2D eigenvalue weighted by molar-refractivity contribution is 5.95. The molecule has 0 bridgehead atoms. The molecule has 2 fully saturated rings. The van der Waals surface area contributed by atoms with Crippen LogP contribution in [0.4, 0.5) is 10.1 Å². The molecule has 0 radical (unpaired) electrons. The van der Waals surface area contributed by atoms with E-state index in [-0.39, 0.29) is 11.6 Å². The molecule has 2 unspecified atom stereocenters. The molecule has 0 aromatic heterocycles. The quantitative estimate of drug-likeness (QED) is 0.426. The van der Waals surface area contributed by atoms with Crippen LogP contribution in [-0.2, 0) is 0 Å². The fourth-order valence-corrected chi connectivity index (χ4v) is 3.73. The first-order chi connectivity index (χ1) is 12.6. The molecule has 2 aliphatic rings. The van der Waals surface area contributed by atoms with E-state index in [1.165, 1.54) is 50.3 Å². The van der Waals surface area contributed by atoms with E-state index < -0.39 is 0 Å². The highest BCUT2D eigenvalue weighted by Crippen LogP contribution is 2.32. The Hall–Kier alpha value is -1.78. The summed E-state index contributed by atoms with van der Waals surface area (Å²) in [5.74, 6) is 1.78. The van der Waals surface area contributed by atoms with Crippen LogP contribution in [0.5, 0.6) is 5.75 Å². The standard InChI is InChI=1S/C21H32FN3O/c1-3-12-25(14-16-8-9-16)21(23-18-7-5-4-6-15(18)2)24-19-13-17(22)10-11-20(19)26/h10-11,13,15-16,18,26H,3-9,12,14H2,1-2H3,(H,23,24). The van der Waals surface area contributed by atoms with Crippen molar-refractivity contribution in [2.45, 2.75) is 64.8 Å². The van der Waals surface area contributed by atoms with Gasteiger partial charge in [-0.1, -0.05) is 26.7 Å². The van der Waals surface area contributed by atoms with Gasteiger partial charge in [0.15, 0.2) is 5.96 Å². The SMILES string of the molecule is CCCN(CC1CC1)C(=NC1CCCCC1C)Nc1cc(F)ccc1O. The Morgan fingerprint density at radius 1 is 1.27 bits per heavy atom. The Labute approximate surface area is 156 Å². The molecule has 5 heteroatoms. The number of benzene rings is 1. The van der Waals surface area contributed by atoms with Crippen LogP contribution in [0.3, 0.4) is 0 Å². The van der Waals surface area contributed by atoms with Crippen molar-refractivity contribution in [2.24, 2.45) is 16.8 Å². The van der Waals surface area contributed by atoms with Gasteiger partial charge in [-0.05, 0) is 56.1 Å². The zero-order valence-electron chi connectivity index (χ0n) is 16.0. The van der Waals surface area contributed by atoms with Crippen molar-refractivity contribution in [3.8, 4) is 5.75 Å². The van der Waals surface area contributed by atoms with Crippen molar-refractivity contribution < 1.29 is 9.50 Å². The van der Waals surface area contributed by atoms with Gasteiger partial charge in [0.1, 0.15) is 11.6 Å². The summed E-state index contributed by atoms with van der Waals surface area (Å²) in [4.78, 5) is 7.38. The second kappa shape index (κ2) is 8.74. The van der Waals surface area contributed by atoms with Crippen molar-refractivity contribution >= 4 is 11.6 Å². The molecule has 2 N–H and O–H groups in total. The second-order valence-corrected chi connectivity index (χ2v) is 7.96. The van der Waals surface area contributed by atoms with Crippen LogP contribution in [0.25, 0.3) is 0 Å². The van der Waals surface area contributed by atoms with Crippen LogP contribution in [0.2, 0.25) is 0 Å². The van der Waals surface area contributed by atoms with E-state index in [1.807, 2.05) is 0 Å². The topological polar surface area (TPSA) is 47.9 Å². The smallest absolute Gasteiger partial charge is 0.198 e. The summed E-state index contributed by atoms with van der Waals surface area (Å²) in [6.45, 7) is 6.34. The van der Waals surface area contributed by atoms with Crippen molar-refractivity contribution in [1.82, 2.24) is 4.90 Å². The summed E-state index contributed by atoms with van der Waals surface area (Å²) in [5, 5.41) is 13.4. The number of hydrogen-bond acceptors (Lipinski definition) is 2. The third kappa shape index (κ3) is 5.12. The Morgan fingerprint density at radius 3 is 2.73 bits per heavy atom. The van der Waals surface area contributed by atoms with Crippen LogP contribution < -0.4 is 5.32 Å². The van der Waals surface area contributed by atoms with Crippen molar-refractivity contribution in [3.05, 3.63) is 24.0 Å². The molecular weight excluding hydrogens is 329 g/mol. The average Bonchev–Trinajstić information content (AvgIpc) is 3.43. The number of aromatic hydroxyl groups is 1. The number of nitrogens with zero attached hydrogens (tertiary/aromatic N) is 2. The normalized spacial score (nSPS) is 23.7. The minimum Gasteiger partial charge on any atom is -0.506 e. The lowest BCUT2D eigenvalue weighted by atomic mass is 9.86. The van der Waals surface area contributed by atoms with Crippen LogP contribution >= 0.6 is 0 Å². The van der Waals surface area contributed by atoms with Crippen LogP contribution in [0.1, 0.15) is 58.8 Å². The predicted molar refractivity (Wildman–Crippen MR) is 105 cm³/mol. The third-order valence-corrected chi connectivity index (χ3v) is 5.53. The summed E-state index contributed by atoms with van der Waals surface area (Å²) in [5.41, 5.74) is 0.393. The predicted octanol–water partition coefficient (Wildman–Crippen LogP) is 5.00. The first-order valence-corrected chi connectivity index (χ1v) is 10.1. The molecule has 2 atom stereocenters. The van der Waals surface area contributed by atoms with E-state index in [0.717, 1.165) is 37.8 Å². The molecule has 26 heavy (non-hydrogen) atoms. The molecule has 0 saturated heterocycles. The molecule has 2 aliphatic carbocycles. The van der Waals surface area contributed by atoms with Gasteiger partial charge in [0.2, 0.25) is 0 Å². The van der Waals surface area contributed by atoms with E-state index in [4.69, 9.17) is 4.99 Å². The summed E-state index contributed by atoms with van der Waals surface area (Å²) < 4.78 is 13.7. The average molecular weight is 362 g/mol. The molecule has 0 heterocycles. The van der Waals surface area contributed by atoms with Gasteiger partial charge in [0.05, 0.1) is 11.7 Å². The Bertz CT molecular complexity index is 630. The molecule has 1 aromatic carbocycles. The number of anilines is 1. The van der Waals surface area contributed by atoms with Gasteiger partial charge in [0, 0.05) is 19.2 Å². The lowest BCUT2D eigenvalue weighted by Gasteiger charge is -2.31. The third-order valence-electron chi connectivity index (χ3n) is 5.53. The molecule has 0 amide bonds. The molecular formula is C21H32FN3O. The Kier molecular flexibility index (Phi) is 6.38. The zero-order chi connectivity index (χ0) is 18.5. The van der Waals surface area contributed by atoms with E-state index in [1.54, 1.807) is 0 Å². The lowest BCUT2D eigenvalue weighted by Crippen LogP contribution is -2.40. The molecule has 144 valence electrons. The monoisotopic (exact) mass is 361 g/mol. The first-order valence-electron chi connectivity index (χ1n) is 10.1. The highest BCUT2D eigenvalue weighted by Gasteiger charge is 2.28. The van der Waals surface area contributed by atoms with Crippen LogP contribution in [0.15, 0.2) is 23.2 Å². The Morgan fingerprint density at radius 2 is 2.04 bits per heavy atom. The Balaban J connectivity index is 1.87. The fourth-order valence-electron chi connectivity index (χ4n) is 3.73. The van der Waals surface area contributed by atoms with Gasteiger partial charge < -0.3 is 15.3 Å². The lowest BCUT2D eigenvalue weighted by molar-refractivity contribution is 0.324. The molecule has 2 saturated carbocycles. The minimum atomic E-state index is -0.361. The number of aliphatic imine (C=N–C) groups is 1.